The summed E-state index contributed by atoms with van der Waals surface area (Å²) in [5, 5.41) is 4.36. The summed E-state index contributed by atoms with van der Waals surface area (Å²) in [6.45, 7) is 16.8. The van der Waals surface area contributed by atoms with E-state index >= 15 is 0 Å². The molecule has 0 radical (unpaired) electrons. The zero-order valence-electron chi connectivity index (χ0n) is 18.7. The van der Waals surface area contributed by atoms with E-state index in [9.17, 15) is 9.13 Å². The van der Waals surface area contributed by atoms with Crippen LogP contribution in [0.5, 0.6) is 0 Å². The van der Waals surface area contributed by atoms with Crippen molar-refractivity contribution in [3.8, 4) is 0 Å². The van der Waals surface area contributed by atoms with Crippen molar-refractivity contribution in [1.29, 1.82) is 0 Å². The van der Waals surface area contributed by atoms with Crippen LogP contribution in [0.3, 0.4) is 0 Å². The summed E-state index contributed by atoms with van der Waals surface area (Å²) >= 11 is 0. The van der Waals surface area contributed by atoms with Crippen molar-refractivity contribution in [2.75, 3.05) is 0 Å². The van der Waals surface area contributed by atoms with Gasteiger partial charge in [0.1, 0.15) is 14.3 Å². The van der Waals surface area contributed by atoms with Crippen LogP contribution in [0.1, 0.15) is 66.5 Å². The van der Waals surface area contributed by atoms with E-state index in [4.69, 9.17) is 0 Å². The highest BCUT2D eigenvalue weighted by Gasteiger charge is 2.43. The SMILES string of the molecule is CC(C)P(=O)(c1c2c(c(P(=O)(C(C)C)C(C)C)c3ccccc13)CC2)C(C)C. The molecule has 2 nitrogen and oxygen atoms in total. The van der Waals surface area contributed by atoms with Crippen molar-refractivity contribution >= 4 is 35.7 Å². The summed E-state index contributed by atoms with van der Waals surface area (Å²) in [6.07, 6.45) is 1.92. The van der Waals surface area contributed by atoms with E-state index in [-0.39, 0.29) is 22.6 Å². The zero-order chi connectivity index (χ0) is 21.0. The summed E-state index contributed by atoms with van der Waals surface area (Å²) in [6, 6.07) is 8.33. The predicted molar refractivity (Wildman–Crippen MR) is 126 cm³/mol. The van der Waals surface area contributed by atoms with E-state index in [0.717, 1.165) is 34.2 Å². The molecule has 0 aliphatic heterocycles. The molecule has 2 aromatic carbocycles. The smallest absolute Gasteiger partial charge is 0.121 e. The molecule has 0 unspecified atom stereocenters. The van der Waals surface area contributed by atoms with Crippen LogP contribution >= 0.6 is 14.3 Å². The van der Waals surface area contributed by atoms with Crippen LogP contribution in [-0.2, 0) is 22.0 Å². The molecule has 0 saturated carbocycles. The minimum atomic E-state index is -2.58. The van der Waals surface area contributed by atoms with E-state index in [1.54, 1.807) is 0 Å². The lowest BCUT2D eigenvalue weighted by Gasteiger charge is -2.39. The second kappa shape index (κ2) is 7.45. The molecule has 0 heterocycles. The number of hydrogen-bond acceptors (Lipinski definition) is 2. The highest BCUT2D eigenvalue weighted by molar-refractivity contribution is 7.74. The molecule has 154 valence electrons. The van der Waals surface area contributed by atoms with Gasteiger partial charge in [-0.15, -0.1) is 0 Å². The van der Waals surface area contributed by atoms with Crippen molar-refractivity contribution in [3.63, 3.8) is 0 Å². The first-order valence-electron chi connectivity index (χ1n) is 10.7. The summed E-state index contributed by atoms with van der Waals surface area (Å²) in [4.78, 5) is 0. The van der Waals surface area contributed by atoms with Gasteiger partial charge in [0, 0.05) is 33.2 Å². The van der Waals surface area contributed by atoms with E-state index in [1.807, 2.05) is 12.1 Å². The summed E-state index contributed by atoms with van der Waals surface area (Å²) in [5.41, 5.74) is 2.92. The Labute approximate surface area is 171 Å². The van der Waals surface area contributed by atoms with Crippen molar-refractivity contribution in [2.45, 2.75) is 90.9 Å². The molecule has 0 fully saturated rings. The zero-order valence-corrected chi connectivity index (χ0v) is 20.5. The van der Waals surface area contributed by atoms with Gasteiger partial charge in [-0.1, -0.05) is 79.7 Å². The van der Waals surface area contributed by atoms with Crippen LogP contribution < -0.4 is 10.6 Å². The molecular weight excluding hydrogens is 382 g/mol. The minimum absolute atomic E-state index is 0.105. The lowest BCUT2D eigenvalue weighted by atomic mass is 9.85. The Morgan fingerprint density at radius 2 is 0.893 bits per heavy atom. The van der Waals surface area contributed by atoms with Crippen LogP contribution in [-0.4, -0.2) is 22.6 Å². The summed E-state index contributed by atoms with van der Waals surface area (Å²) in [5.74, 6) is 0. The first kappa shape index (κ1) is 21.9. The minimum Gasteiger partial charge on any atom is -0.318 e. The fourth-order valence-corrected chi connectivity index (χ4v) is 12.1. The van der Waals surface area contributed by atoms with Crippen molar-refractivity contribution in [1.82, 2.24) is 0 Å². The summed E-state index contributed by atoms with van der Waals surface area (Å²) < 4.78 is 28.8. The third-order valence-electron chi connectivity index (χ3n) is 6.77. The Balaban J connectivity index is 2.52. The molecule has 0 spiro atoms. The topological polar surface area (TPSA) is 34.1 Å². The maximum atomic E-state index is 14.4. The Hall–Kier alpha value is -0.840. The van der Waals surface area contributed by atoms with Crippen LogP contribution in [0.25, 0.3) is 10.8 Å². The largest absolute Gasteiger partial charge is 0.318 e. The van der Waals surface area contributed by atoms with Crippen molar-refractivity contribution in [2.24, 2.45) is 0 Å². The van der Waals surface area contributed by atoms with Gasteiger partial charge in [-0.25, -0.2) is 0 Å². The molecule has 2 aromatic rings. The molecule has 0 bridgehead atoms. The molecule has 0 aromatic heterocycles. The van der Waals surface area contributed by atoms with Gasteiger partial charge in [0.05, 0.1) is 0 Å². The maximum absolute atomic E-state index is 14.4. The van der Waals surface area contributed by atoms with Gasteiger partial charge in [-0.05, 0) is 34.7 Å². The van der Waals surface area contributed by atoms with Gasteiger partial charge in [-0.3, -0.25) is 0 Å². The Morgan fingerprint density at radius 3 is 1.11 bits per heavy atom. The normalized spacial score (nSPS) is 15.0. The van der Waals surface area contributed by atoms with Gasteiger partial charge in [0.15, 0.2) is 0 Å². The molecular formula is C24H36O2P2. The van der Waals surface area contributed by atoms with E-state index in [2.05, 4.69) is 67.5 Å². The van der Waals surface area contributed by atoms with Gasteiger partial charge in [0.25, 0.3) is 0 Å². The molecule has 1 aliphatic carbocycles. The molecule has 4 heteroatoms. The second-order valence-electron chi connectivity index (χ2n) is 9.49. The van der Waals surface area contributed by atoms with Crippen molar-refractivity contribution < 1.29 is 9.13 Å². The molecule has 0 atom stereocenters. The highest BCUT2D eigenvalue weighted by atomic mass is 31.2. The lowest BCUT2D eigenvalue weighted by molar-refractivity contribution is 0.567. The fraction of sp³-hybridized carbons (Fsp3) is 0.583. The average molecular weight is 418 g/mol. The summed E-state index contributed by atoms with van der Waals surface area (Å²) in [7, 11) is -5.17. The Morgan fingerprint density at radius 1 is 0.607 bits per heavy atom. The molecule has 0 saturated heterocycles. The molecule has 28 heavy (non-hydrogen) atoms. The fourth-order valence-electron chi connectivity index (χ4n) is 5.14. The van der Waals surface area contributed by atoms with Crippen molar-refractivity contribution in [3.05, 3.63) is 35.4 Å². The maximum Gasteiger partial charge on any atom is 0.121 e. The van der Waals surface area contributed by atoms with E-state index in [0.29, 0.717) is 0 Å². The number of hydrogen-bond donors (Lipinski definition) is 0. The monoisotopic (exact) mass is 418 g/mol. The predicted octanol–water partition coefficient (Wildman–Crippen LogP) is 6.55. The van der Waals surface area contributed by atoms with Gasteiger partial charge in [0.2, 0.25) is 0 Å². The molecule has 3 rings (SSSR count). The van der Waals surface area contributed by atoms with Gasteiger partial charge in [-0.2, -0.15) is 0 Å². The Bertz CT molecular complexity index is 895. The molecule has 0 N–H and O–H groups in total. The molecule has 0 amide bonds. The number of rotatable bonds is 6. The third-order valence-corrected chi connectivity index (χ3v) is 15.3. The van der Waals surface area contributed by atoms with Crippen LogP contribution in [0.2, 0.25) is 0 Å². The number of fused-ring (bicyclic) bond motifs is 2. The van der Waals surface area contributed by atoms with E-state index in [1.165, 1.54) is 11.1 Å². The van der Waals surface area contributed by atoms with Crippen LogP contribution in [0.15, 0.2) is 24.3 Å². The van der Waals surface area contributed by atoms with E-state index < -0.39 is 14.3 Å². The standard InChI is InChI=1S/C24H36O2P2/c1-15(2)27(25,16(3)4)23-19-11-9-10-12-20(19)24(22-14-13-21(22)23)28(26,17(5)6)18(7)8/h9-12,15-18H,13-14H2,1-8H3. The quantitative estimate of drug-likeness (QED) is 0.499. The molecule has 1 aliphatic rings. The Kier molecular flexibility index (Phi) is 5.81. The lowest BCUT2D eigenvalue weighted by Crippen LogP contribution is -2.36. The average Bonchev–Trinajstić information content (AvgIpc) is 2.60. The second-order valence-corrected chi connectivity index (χ2v) is 17.4. The number of benzene rings is 2. The first-order valence-corrected chi connectivity index (χ1v) is 14.4. The highest BCUT2D eigenvalue weighted by Crippen LogP contribution is 2.60. The van der Waals surface area contributed by atoms with Gasteiger partial charge >= 0.3 is 0 Å². The van der Waals surface area contributed by atoms with Crippen LogP contribution in [0, 0.1) is 0 Å². The van der Waals surface area contributed by atoms with Crippen LogP contribution in [0.4, 0.5) is 0 Å². The van der Waals surface area contributed by atoms with Gasteiger partial charge < -0.3 is 9.13 Å². The third kappa shape index (κ3) is 2.90. The first-order chi connectivity index (χ1) is 13.0.